The lowest BCUT2D eigenvalue weighted by Gasteiger charge is -2.13. The third-order valence-corrected chi connectivity index (χ3v) is 3.62. The number of hydrogen-bond acceptors (Lipinski definition) is 2. The summed E-state index contributed by atoms with van der Waals surface area (Å²) in [6.45, 7) is -2.80. The van der Waals surface area contributed by atoms with Gasteiger partial charge in [0.15, 0.2) is 0 Å². The molecule has 106 valence electrons. The molecule has 0 aliphatic rings. The van der Waals surface area contributed by atoms with Crippen LogP contribution in [-0.2, 0) is 6.42 Å². The van der Waals surface area contributed by atoms with Crippen molar-refractivity contribution in [3.63, 3.8) is 0 Å². The lowest BCUT2D eigenvalue weighted by atomic mass is 10.00. The predicted octanol–water partition coefficient (Wildman–Crippen LogP) is 4.14. The quantitative estimate of drug-likeness (QED) is 0.781. The highest BCUT2D eigenvalue weighted by Crippen LogP contribution is 2.21. The maximum absolute atomic E-state index is 12.1. The number of nitrogens with two attached hydrogens (primary N) is 1. The minimum atomic E-state index is -2.80. The third kappa shape index (κ3) is 4.42. The van der Waals surface area contributed by atoms with Crippen molar-refractivity contribution >= 4 is 22.6 Å². The van der Waals surface area contributed by atoms with E-state index < -0.39 is 6.61 Å². The van der Waals surface area contributed by atoms with Crippen molar-refractivity contribution in [2.45, 2.75) is 19.1 Å². The average molecular weight is 389 g/mol. The van der Waals surface area contributed by atoms with Crippen LogP contribution in [0.25, 0.3) is 0 Å². The first-order valence-electron chi connectivity index (χ1n) is 6.09. The second-order valence-electron chi connectivity index (χ2n) is 4.38. The SMILES string of the molecule is NC(Cc1ccc(I)cc1)c1ccc(OC(F)F)cc1. The molecule has 2 rings (SSSR count). The zero-order valence-corrected chi connectivity index (χ0v) is 12.8. The van der Waals surface area contributed by atoms with Crippen molar-refractivity contribution < 1.29 is 13.5 Å². The highest BCUT2D eigenvalue weighted by molar-refractivity contribution is 14.1. The van der Waals surface area contributed by atoms with Crippen molar-refractivity contribution in [1.82, 2.24) is 0 Å². The highest BCUT2D eigenvalue weighted by atomic mass is 127. The van der Waals surface area contributed by atoms with Crippen molar-refractivity contribution in [1.29, 1.82) is 0 Å². The second kappa shape index (κ2) is 6.99. The summed E-state index contributed by atoms with van der Waals surface area (Å²) in [5, 5.41) is 0. The van der Waals surface area contributed by atoms with Crippen molar-refractivity contribution in [2.75, 3.05) is 0 Å². The number of halogens is 3. The predicted molar refractivity (Wildman–Crippen MR) is 82.9 cm³/mol. The molecule has 0 amide bonds. The van der Waals surface area contributed by atoms with Gasteiger partial charge in [0.2, 0.25) is 0 Å². The maximum Gasteiger partial charge on any atom is 0.387 e. The Bertz CT molecular complexity index is 543. The normalized spacial score (nSPS) is 12.4. The molecule has 1 unspecified atom stereocenters. The van der Waals surface area contributed by atoms with Gasteiger partial charge in [-0.1, -0.05) is 24.3 Å². The molecular formula is C15H14F2INO. The van der Waals surface area contributed by atoms with Crippen molar-refractivity contribution in [3.05, 3.63) is 63.2 Å². The molecule has 0 aromatic heterocycles. The molecule has 2 aromatic carbocycles. The largest absolute Gasteiger partial charge is 0.435 e. The fourth-order valence-corrected chi connectivity index (χ4v) is 2.25. The van der Waals surface area contributed by atoms with Gasteiger partial charge in [-0.15, -0.1) is 0 Å². The summed E-state index contributed by atoms with van der Waals surface area (Å²) in [7, 11) is 0. The van der Waals surface area contributed by atoms with Gasteiger partial charge in [-0.3, -0.25) is 0 Å². The fourth-order valence-electron chi connectivity index (χ4n) is 1.89. The number of hydrogen-bond donors (Lipinski definition) is 1. The van der Waals surface area contributed by atoms with Gasteiger partial charge < -0.3 is 10.5 Å². The van der Waals surface area contributed by atoms with Crippen LogP contribution in [0.15, 0.2) is 48.5 Å². The molecule has 0 heterocycles. The summed E-state index contributed by atoms with van der Waals surface area (Å²) in [6.07, 6.45) is 0.700. The molecular weight excluding hydrogens is 375 g/mol. The third-order valence-electron chi connectivity index (χ3n) is 2.90. The number of rotatable bonds is 5. The van der Waals surface area contributed by atoms with Crippen LogP contribution in [0, 0.1) is 3.57 Å². The Labute approximate surface area is 130 Å². The average Bonchev–Trinajstić information content (AvgIpc) is 2.41. The van der Waals surface area contributed by atoms with Crippen LogP contribution in [0.2, 0.25) is 0 Å². The summed E-state index contributed by atoms with van der Waals surface area (Å²) in [5.74, 6) is 0.144. The molecule has 2 N–H and O–H groups in total. The number of ether oxygens (including phenoxy) is 1. The second-order valence-corrected chi connectivity index (χ2v) is 5.63. The molecule has 0 bridgehead atoms. The molecule has 0 fully saturated rings. The lowest BCUT2D eigenvalue weighted by molar-refractivity contribution is -0.0498. The smallest absolute Gasteiger partial charge is 0.387 e. The van der Waals surface area contributed by atoms with E-state index in [1.165, 1.54) is 15.7 Å². The highest BCUT2D eigenvalue weighted by Gasteiger charge is 2.09. The first-order chi connectivity index (χ1) is 9.54. The number of alkyl halides is 2. The Balaban J connectivity index is 2.01. The van der Waals surface area contributed by atoms with Crippen LogP contribution in [0.5, 0.6) is 5.75 Å². The Kier molecular flexibility index (Phi) is 5.31. The van der Waals surface area contributed by atoms with E-state index >= 15 is 0 Å². The van der Waals surface area contributed by atoms with Gasteiger partial charge >= 0.3 is 6.61 Å². The van der Waals surface area contributed by atoms with E-state index in [2.05, 4.69) is 27.3 Å². The molecule has 1 atom stereocenters. The van der Waals surface area contributed by atoms with E-state index in [-0.39, 0.29) is 11.8 Å². The van der Waals surface area contributed by atoms with Crippen LogP contribution in [-0.4, -0.2) is 6.61 Å². The zero-order chi connectivity index (χ0) is 14.5. The maximum atomic E-state index is 12.1. The van der Waals surface area contributed by atoms with Crippen LogP contribution >= 0.6 is 22.6 Å². The van der Waals surface area contributed by atoms with E-state index in [1.807, 2.05) is 24.3 Å². The molecule has 20 heavy (non-hydrogen) atoms. The molecule has 0 aliphatic heterocycles. The van der Waals surface area contributed by atoms with Gasteiger partial charge in [0.25, 0.3) is 0 Å². The monoisotopic (exact) mass is 389 g/mol. The molecule has 0 saturated carbocycles. The van der Waals surface area contributed by atoms with Crippen molar-refractivity contribution in [3.8, 4) is 5.75 Å². The Hall–Kier alpha value is -1.21. The van der Waals surface area contributed by atoms with Crippen LogP contribution in [0.1, 0.15) is 17.2 Å². The Morgan fingerprint density at radius 1 is 1.00 bits per heavy atom. The van der Waals surface area contributed by atoms with Crippen LogP contribution in [0.4, 0.5) is 8.78 Å². The van der Waals surface area contributed by atoms with Crippen LogP contribution in [0.3, 0.4) is 0 Å². The Morgan fingerprint density at radius 3 is 2.15 bits per heavy atom. The van der Waals surface area contributed by atoms with Crippen molar-refractivity contribution in [2.24, 2.45) is 5.73 Å². The van der Waals surface area contributed by atoms with Gasteiger partial charge in [0.1, 0.15) is 5.75 Å². The van der Waals surface area contributed by atoms with E-state index in [1.54, 1.807) is 12.1 Å². The van der Waals surface area contributed by atoms with E-state index in [4.69, 9.17) is 5.73 Å². The van der Waals surface area contributed by atoms with Gasteiger partial charge in [-0.05, 0) is 64.4 Å². The van der Waals surface area contributed by atoms with E-state index in [0.717, 1.165) is 11.1 Å². The summed E-state index contributed by atoms with van der Waals surface area (Å²) >= 11 is 2.25. The lowest BCUT2D eigenvalue weighted by Crippen LogP contribution is -2.13. The van der Waals surface area contributed by atoms with E-state index in [9.17, 15) is 8.78 Å². The molecule has 0 spiro atoms. The number of benzene rings is 2. The minimum absolute atomic E-state index is 0.144. The molecule has 0 aliphatic carbocycles. The minimum Gasteiger partial charge on any atom is -0.435 e. The summed E-state index contributed by atoms with van der Waals surface area (Å²) in [4.78, 5) is 0. The van der Waals surface area contributed by atoms with Gasteiger partial charge in [0, 0.05) is 9.61 Å². The Morgan fingerprint density at radius 2 is 1.60 bits per heavy atom. The molecule has 2 aromatic rings. The molecule has 0 radical (unpaired) electrons. The molecule has 2 nitrogen and oxygen atoms in total. The molecule has 5 heteroatoms. The van der Waals surface area contributed by atoms with E-state index in [0.29, 0.717) is 6.42 Å². The first kappa shape index (κ1) is 15.2. The van der Waals surface area contributed by atoms with Gasteiger partial charge in [-0.25, -0.2) is 0 Å². The first-order valence-corrected chi connectivity index (χ1v) is 7.17. The zero-order valence-electron chi connectivity index (χ0n) is 10.6. The van der Waals surface area contributed by atoms with Gasteiger partial charge in [0.05, 0.1) is 0 Å². The summed E-state index contributed by atoms with van der Waals surface area (Å²) in [5.41, 5.74) is 8.16. The topological polar surface area (TPSA) is 35.2 Å². The summed E-state index contributed by atoms with van der Waals surface area (Å²) in [6, 6.07) is 14.4. The van der Waals surface area contributed by atoms with Crippen LogP contribution < -0.4 is 10.5 Å². The fraction of sp³-hybridized carbons (Fsp3) is 0.200. The van der Waals surface area contributed by atoms with Gasteiger partial charge in [-0.2, -0.15) is 8.78 Å². The standard InChI is InChI=1S/C15H14F2INO/c16-15(17)20-13-7-3-11(4-8-13)14(19)9-10-1-5-12(18)6-2-10/h1-8,14-15H,9,19H2. The molecule has 0 saturated heterocycles. The summed E-state index contributed by atoms with van der Waals surface area (Å²) < 4.78 is 29.6.